The van der Waals surface area contributed by atoms with E-state index in [4.69, 9.17) is 0 Å². The first kappa shape index (κ1) is 20.1. The molecule has 1 saturated carbocycles. The molecule has 0 bridgehead atoms. The van der Waals surface area contributed by atoms with Crippen LogP contribution in [0.2, 0.25) is 0 Å². The lowest BCUT2D eigenvalue weighted by Gasteiger charge is -2.32. The number of carbonyl (C=O) groups is 3. The highest BCUT2D eigenvalue weighted by atomic mass is 19.1. The van der Waals surface area contributed by atoms with E-state index in [-0.39, 0.29) is 29.7 Å². The lowest BCUT2D eigenvalue weighted by atomic mass is 9.96. The molecule has 4 rings (SSSR count). The number of benzene rings is 2. The fourth-order valence-electron chi connectivity index (χ4n) is 3.63. The average molecular weight is 409 g/mol. The van der Waals surface area contributed by atoms with Gasteiger partial charge in [0, 0.05) is 35.9 Å². The zero-order chi connectivity index (χ0) is 21.1. The Balaban J connectivity index is 1.38. The van der Waals surface area contributed by atoms with Crippen molar-refractivity contribution in [1.29, 1.82) is 0 Å². The standard InChI is InChI=1S/C23H24FN3O3/c24-18-8-6-15(7-9-18)23(30)27-12-2-4-17(14-27)22(29)26-20-5-1-3-16(13-20)21(28)25-19-10-11-19/h1,3,5-9,13,17,19H,2,4,10-12,14H2,(H,25,28)(H,26,29)/t17-/m1/s1. The fourth-order valence-corrected chi connectivity index (χ4v) is 3.63. The van der Waals surface area contributed by atoms with Crippen LogP contribution in [0.3, 0.4) is 0 Å². The molecule has 1 saturated heterocycles. The van der Waals surface area contributed by atoms with Gasteiger partial charge in [-0.2, -0.15) is 0 Å². The molecule has 6 nitrogen and oxygen atoms in total. The molecule has 0 spiro atoms. The Morgan fingerprint density at radius 1 is 0.967 bits per heavy atom. The van der Waals surface area contributed by atoms with Gasteiger partial charge in [-0.3, -0.25) is 14.4 Å². The van der Waals surface area contributed by atoms with Crippen molar-refractivity contribution in [3.8, 4) is 0 Å². The van der Waals surface area contributed by atoms with Crippen LogP contribution in [0.1, 0.15) is 46.4 Å². The maximum absolute atomic E-state index is 13.1. The first-order chi connectivity index (χ1) is 14.5. The molecule has 1 aliphatic heterocycles. The number of amides is 3. The molecule has 2 aromatic carbocycles. The molecule has 156 valence electrons. The Labute approximate surface area is 174 Å². The molecule has 0 aromatic heterocycles. The molecule has 0 unspecified atom stereocenters. The molecule has 3 amide bonds. The van der Waals surface area contributed by atoms with Crippen molar-refractivity contribution in [2.45, 2.75) is 31.7 Å². The van der Waals surface area contributed by atoms with Crippen molar-refractivity contribution in [1.82, 2.24) is 10.2 Å². The largest absolute Gasteiger partial charge is 0.349 e. The Hall–Kier alpha value is -3.22. The van der Waals surface area contributed by atoms with Gasteiger partial charge in [0.25, 0.3) is 11.8 Å². The number of hydrogen-bond donors (Lipinski definition) is 2. The normalized spacial score (nSPS) is 18.6. The van der Waals surface area contributed by atoms with Gasteiger partial charge in [-0.05, 0) is 68.1 Å². The van der Waals surface area contributed by atoms with Crippen LogP contribution >= 0.6 is 0 Å². The lowest BCUT2D eigenvalue weighted by Crippen LogP contribution is -2.43. The summed E-state index contributed by atoms with van der Waals surface area (Å²) in [5, 5.41) is 5.81. The molecule has 2 N–H and O–H groups in total. The first-order valence-electron chi connectivity index (χ1n) is 10.3. The van der Waals surface area contributed by atoms with Gasteiger partial charge in [0.2, 0.25) is 5.91 Å². The Morgan fingerprint density at radius 3 is 2.47 bits per heavy atom. The van der Waals surface area contributed by atoms with Gasteiger partial charge >= 0.3 is 0 Å². The van der Waals surface area contributed by atoms with E-state index in [9.17, 15) is 18.8 Å². The van der Waals surface area contributed by atoms with E-state index < -0.39 is 5.82 Å². The summed E-state index contributed by atoms with van der Waals surface area (Å²) in [5.41, 5.74) is 1.48. The van der Waals surface area contributed by atoms with Crippen molar-refractivity contribution >= 4 is 23.4 Å². The zero-order valence-corrected chi connectivity index (χ0v) is 16.6. The lowest BCUT2D eigenvalue weighted by molar-refractivity contribution is -0.121. The number of nitrogens with zero attached hydrogens (tertiary/aromatic N) is 1. The quantitative estimate of drug-likeness (QED) is 0.796. The summed E-state index contributed by atoms with van der Waals surface area (Å²) < 4.78 is 13.1. The van der Waals surface area contributed by atoms with E-state index in [0.29, 0.717) is 36.3 Å². The summed E-state index contributed by atoms with van der Waals surface area (Å²) in [6.45, 7) is 0.876. The number of carbonyl (C=O) groups excluding carboxylic acids is 3. The molecule has 2 fully saturated rings. The van der Waals surface area contributed by atoms with Crippen LogP contribution in [0.25, 0.3) is 0 Å². The number of hydrogen-bond acceptors (Lipinski definition) is 3. The van der Waals surface area contributed by atoms with Crippen molar-refractivity contribution in [2.24, 2.45) is 5.92 Å². The molecule has 1 heterocycles. The third-order valence-corrected chi connectivity index (χ3v) is 5.48. The molecule has 7 heteroatoms. The number of piperidine rings is 1. The van der Waals surface area contributed by atoms with Crippen LogP contribution in [0.5, 0.6) is 0 Å². The second kappa shape index (κ2) is 8.65. The van der Waals surface area contributed by atoms with E-state index in [1.54, 1.807) is 29.2 Å². The summed E-state index contributed by atoms with van der Waals surface area (Å²) in [4.78, 5) is 39.3. The number of nitrogens with one attached hydrogen (secondary N) is 2. The number of rotatable bonds is 5. The van der Waals surface area contributed by atoms with Crippen LogP contribution in [0.4, 0.5) is 10.1 Å². The van der Waals surface area contributed by atoms with E-state index in [1.165, 1.54) is 24.3 Å². The topological polar surface area (TPSA) is 78.5 Å². The Morgan fingerprint density at radius 2 is 1.73 bits per heavy atom. The van der Waals surface area contributed by atoms with E-state index >= 15 is 0 Å². The monoisotopic (exact) mass is 409 g/mol. The van der Waals surface area contributed by atoms with E-state index in [2.05, 4.69) is 10.6 Å². The number of likely N-dealkylation sites (tertiary alicyclic amines) is 1. The average Bonchev–Trinajstić information content (AvgIpc) is 3.58. The molecule has 2 aromatic rings. The van der Waals surface area contributed by atoms with Crippen LogP contribution < -0.4 is 10.6 Å². The van der Waals surface area contributed by atoms with Gasteiger partial charge in [0.05, 0.1) is 5.92 Å². The molecule has 1 aliphatic carbocycles. The number of anilines is 1. The SMILES string of the molecule is O=C(NC1CC1)c1cccc(NC(=O)[C@@H]2CCCN(C(=O)c3ccc(F)cc3)C2)c1. The maximum atomic E-state index is 13.1. The minimum Gasteiger partial charge on any atom is -0.349 e. The maximum Gasteiger partial charge on any atom is 0.253 e. The molecule has 2 aliphatic rings. The highest BCUT2D eigenvalue weighted by Gasteiger charge is 2.29. The Bertz CT molecular complexity index is 956. The minimum absolute atomic E-state index is 0.137. The van der Waals surface area contributed by atoms with Crippen molar-refractivity contribution in [3.63, 3.8) is 0 Å². The van der Waals surface area contributed by atoms with Crippen LogP contribution in [-0.2, 0) is 4.79 Å². The predicted octanol–water partition coefficient (Wildman–Crippen LogP) is 3.21. The summed E-state index contributed by atoms with van der Waals surface area (Å²) >= 11 is 0. The molecule has 1 atom stereocenters. The van der Waals surface area contributed by atoms with Gasteiger partial charge in [-0.25, -0.2) is 4.39 Å². The highest BCUT2D eigenvalue weighted by molar-refractivity contribution is 5.98. The summed E-state index contributed by atoms with van der Waals surface area (Å²) in [6, 6.07) is 12.6. The second-order valence-corrected chi connectivity index (χ2v) is 7.92. The smallest absolute Gasteiger partial charge is 0.253 e. The van der Waals surface area contributed by atoms with Crippen LogP contribution in [0, 0.1) is 11.7 Å². The second-order valence-electron chi connectivity index (χ2n) is 7.92. The van der Waals surface area contributed by atoms with Crippen LogP contribution in [0.15, 0.2) is 48.5 Å². The third kappa shape index (κ3) is 4.84. The van der Waals surface area contributed by atoms with E-state index in [1.807, 2.05) is 0 Å². The summed E-state index contributed by atoms with van der Waals surface area (Å²) in [7, 11) is 0. The Kier molecular flexibility index (Phi) is 5.79. The zero-order valence-electron chi connectivity index (χ0n) is 16.6. The summed E-state index contributed by atoms with van der Waals surface area (Å²) in [5.74, 6) is -1.25. The van der Waals surface area contributed by atoms with Gasteiger partial charge in [-0.1, -0.05) is 6.07 Å². The van der Waals surface area contributed by atoms with Crippen molar-refractivity contribution < 1.29 is 18.8 Å². The van der Waals surface area contributed by atoms with Gasteiger partial charge < -0.3 is 15.5 Å². The first-order valence-corrected chi connectivity index (χ1v) is 10.3. The molecular formula is C23H24FN3O3. The number of halogens is 1. The highest BCUT2D eigenvalue weighted by Crippen LogP contribution is 2.22. The van der Waals surface area contributed by atoms with E-state index in [0.717, 1.165) is 19.3 Å². The molecule has 30 heavy (non-hydrogen) atoms. The van der Waals surface area contributed by atoms with Gasteiger partial charge in [0.15, 0.2) is 0 Å². The molecular weight excluding hydrogens is 385 g/mol. The molecule has 0 radical (unpaired) electrons. The van der Waals surface area contributed by atoms with Crippen LogP contribution in [-0.4, -0.2) is 41.8 Å². The van der Waals surface area contributed by atoms with Gasteiger partial charge in [0.1, 0.15) is 5.82 Å². The third-order valence-electron chi connectivity index (χ3n) is 5.48. The predicted molar refractivity (Wildman–Crippen MR) is 111 cm³/mol. The summed E-state index contributed by atoms with van der Waals surface area (Å²) in [6.07, 6.45) is 3.42. The van der Waals surface area contributed by atoms with Crippen molar-refractivity contribution in [3.05, 3.63) is 65.5 Å². The fraction of sp³-hybridized carbons (Fsp3) is 0.348. The van der Waals surface area contributed by atoms with Crippen molar-refractivity contribution in [2.75, 3.05) is 18.4 Å². The van der Waals surface area contributed by atoms with Gasteiger partial charge in [-0.15, -0.1) is 0 Å². The minimum atomic E-state index is -0.393.